The van der Waals surface area contributed by atoms with Gasteiger partial charge in [0.15, 0.2) is 11.3 Å². The molecule has 0 fully saturated rings. The number of benzene rings is 1. The van der Waals surface area contributed by atoms with Crippen LogP contribution >= 0.6 is 0 Å². The Bertz CT molecular complexity index is 1210. The number of amides is 1. The van der Waals surface area contributed by atoms with Gasteiger partial charge in [-0.1, -0.05) is 19.1 Å². The maximum atomic E-state index is 13.3. The van der Waals surface area contributed by atoms with Crippen molar-refractivity contribution < 1.29 is 9.18 Å². The van der Waals surface area contributed by atoms with Crippen LogP contribution < -0.4 is 0 Å². The molecule has 4 rings (SSSR count). The first-order valence-corrected chi connectivity index (χ1v) is 9.77. The molecule has 3 aromatic heterocycles. The molecular weight excluding hydrogens is 383 g/mol. The SMILES string of the molecule is CC[C@H](c1ccc(F)cc1)N(C)C(=O)c1cc2nccc(-c3cnn(C)c3C)n2n1. The first-order chi connectivity index (χ1) is 14.4. The lowest BCUT2D eigenvalue weighted by Crippen LogP contribution is -2.31. The van der Waals surface area contributed by atoms with Gasteiger partial charge in [-0.3, -0.25) is 9.48 Å². The van der Waals surface area contributed by atoms with E-state index in [-0.39, 0.29) is 17.8 Å². The van der Waals surface area contributed by atoms with Crippen LogP contribution in [0, 0.1) is 12.7 Å². The molecule has 0 unspecified atom stereocenters. The van der Waals surface area contributed by atoms with Crippen LogP contribution in [-0.4, -0.2) is 42.2 Å². The van der Waals surface area contributed by atoms with Crippen molar-refractivity contribution in [1.82, 2.24) is 29.3 Å². The third-order valence-electron chi connectivity index (χ3n) is 5.52. The molecule has 0 radical (unpaired) electrons. The number of hydrogen-bond donors (Lipinski definition) is 0. The quantitative estimate of drug-likeness (QED) is 0.506. The highest BCUT2D eigenvalue weighted by molar-refractivity contribution is 5.93. The second-order valence-corrected chi connectivity index (χ2v) is 7.29. The summed E-state index contributed by atoms with van der Waals surface area (Å²) in [7, 11) is 3.62. The number of aromatic nitrogens is 5. The smallest absolute Gasteiger partial charge is 0.274 e. The Morgan fingerprint density at radius 3 is 2.60 bits per heavy atom. The minimum absolute atomic E-state index is 0.184. The normalized spacial score (nSPS) is 12.3. The fourth-order valence-electron chi connectivity index (χ4n) is 3.69. The standard InChI is InChI=1S/C22H23FN6O/c1-5-19(15-6-8-16(23)9-7-15)27(3)22(30)18-12-21-24-11-10-20(29(21)26-18)17-13-25-28(4)14(17)2/h6-13,19H,5H2,1-4H3/t19-/m1/s1. The van der Waals surface area contributed by atoms with Crippen LogP contribution in [0.5, 0.6) is 0 Å². The lowest BCUT2D eigenvalue weighted by Gasteiger charge is -2.27. The molecule has 1 aromatic carbocycles. The van der Waals surface area contributed by atoms with Crippen molar-refractivity contribution in [2.75, 3.05) is 7.05 Å². The van der Waals surface area contributed by atoms with E-state index in [0.717, 1.165) is 22.5 Å². The average Bonchev–Trinajstić information content (AvgIpc) is 3.33. The monoisotopic (exact) mass is 406 g/mol. The lowest BCUT2D eigenvalue weighted by atomic mass is 10.0. The average molecular weight is 406 g/mol. The van der Waals surface area contributed by atoms with E-state index in [1.165, 1.54) is 12.1 Å². The molecule has 0 aliphatic carbocycles. The second kappa shape index (κ2) is 7.70. The van der Waals surface area contributed by atoms with Crippen LogP contribution in [0.15, 0.2) is 48.8 Å². The Kier molecular flexibility index (Phi) is 5.07. The summed E-state index contributed by atoms with van der Waals surface area (Å²) < 4.78 is 16.8. The molecule has 0 saturated carbocycles. The third kappa shape index (κ3) is 3.34. The predicted octanol–water partition coefficient (Wildman–Crippen LogP) is 3.80. The van der Waals surface area contributed by atoms with Gasteiger partial charge in [-0.05, 0) is 37.1 Å². The van der Waals surface area contributed by atoms with E-state index < -0.39 is 0 Å². The lowest BCUT2D eigenvalue weighted by molar-refractivity contribution is 0.0720. The minimum atomic E-state index is -0.299. The Morgan fingerprint density at radius 1 is 1.23 bits per heavy atom. The molecule has 8 heteroatoms. The number of aryl methyl sites for hydroxylation is 1. The fourth-order valence-corrected chi connectivity index (χ4v) is 3.69. The van der Waals surface area contributed by atoms with E-state index in [1.807, 2.05) is 27.0 Å². The summed E-state index contributed by atoms with van der Waals surface area (Å²) >= 11 is 0. The largest absolute Gasteiger partial charge is 0.333 e. The highest BCUT2D eigenvalue weighted by atomic mass is 19.1. The number of carbonyl (C=O) groups excluding carboxylic acids is 1. The van der Waals surface area contributed by atoms with Crippen LogP contribution in [0.2, 0.25) is 0 Å². The fraction of sp³-hybridized carbons (Fsp3) is 0.273. The van der Waals surface area contributed by atoms with Gasteiger partial charge in [-0.15, -0.1) is 0 Å². The number of rotatable bonds is 5. The van der Waals surface area contributed by atoms with Gasteiger partial charge in [0.2, 0.25) is 0 Å². The Balaban J connectivity index is 1.70. The molecule has 0 N–H and O–H groups in total. The summed E-state index contributed by atoms with van der Waals surface area (Å²) in [6, 6.07) is 9.60. The van der Waals surface area contributed by atoms with E-state index in [0.29, 0.717) is 17.8 Å². The summed E-state index contributed by atoms with van der Waals surface area (Å²) in [6.07, 6.45) is 4.17. The Morgan fingerprint density at radius 2 is 1.97 bits per heavy atom. The van der Waals surface area contributed by atoms with Crippen LogP contribution in [0.25, 0.3) is 16.9 Å². The highest BCUT2D eigenvalue weighted by Gasteiger charge is 2.24. The predicted molar refractivity (Wildman–Crippen MR) is 111 cm³/mol. The summed E-state index contributed by atoms with van der Waals surface area (Å²) in [6.45, 7) is 3.97. The number of carbonyl (C=O) groups is 1. The van der Waals surface area contributed by atoms with Crippen molar-refractivity contribution in [2.24, 2.45) is 7.05 Å². The third-order valence-corrected chi connectivity index (χ3v) is 5.52. The van der Waals surface area contributed by atoms with E-state index in [4.69, 9.17) is 0 Å². The summed E-state index contributed by atoms with van der Waals surface area (Å²) in [5.74, 6) is -0.516. The van der Waals surface area contributed by atoms with Crippen LogP contribution in [0.1, 0.15) is 41.1 Å². The van der Waals surface area contributed by atoms with Crippen molar-refractivity contribution in [3.05, 3.63) is 71.6 Å². The second-order valence-electron chi connectivity index (χ2n) is 7.29. The van der Waals surface area contributed by atoms with Gasteiger partial charge in [0, 0.05) is 37.6 Å². The van der Waals surface area contributed by atoms with Gasteiger partial charge < -0.3 is 4.90 Å². The number of fused-ring (bicyclic) bond motifs is 1. The molecule has 1 atom stereocenters. The van der Waals surface area contributed by atoms with Gasteiger partial charge in [0.25, 0.3) is 5.91 Å². The Hall–Kier alpha value is -3.55. The van der Waals surface area contributed by atoms with Crippen molar-refractivity contribution in [3.8, 4) is 11.3 Å². The van der Waals surface area contributed by atoms with Crippen molar-refractivity contribution >= 4 is 11.6 Å². The summed E-state index contributed by atoms with van der Waals surface area (Å²) in [5, 5.41) is 8.85. The molecular formula is C22H23FN6O. The molecule has 0 aliphatic rings. The molecule has 1 amide bonds. The van der Waals surface area contributed by atoms with Crippen LogP contribution in [0.4, 0.5) is 4.39 Å². The summed E-state index contributed by atoms with van der Waals surface area (Å²) in [4.78, 5) is 19.2. The molecule has 30 heavy (non-hydrogen) atoms. The molecule has 7 nitrogen and oxygen atoms in total. The zero-order valence-electron chi connectivity index (χ0n) is 17.4. The maximum absolute atomic E-state index is 13.3. The maximum Gasteiger partial charge on any atom is 0.274 e. The molecule has 0 bridgehead atoms. The van der Waals surface area contributed by atoms with Crippen LogP contribution in [0.3, 0.4) is 0 Å². The van der Waals surface area contributed by atoms with Crippen molar-refractivity contribution in [3.63, 3.8) is 0 Å². The first-order valence-electron chi connectivity index (χ1n) is 9.77. The molecule has 154 valence electrons. The van der Waals surface area contributed by atoms with Gasteiger partial charge in [0.1, 0.15) is 5.82 Å². The van der Waals surface area contributed by atoms with E-state index in [9.17, 15) is 9.18 Å². The number of nitrogens with zero attached hydrogens (tertiary/aromatic N) is 6. The zero-order chi connectivity index (χ0) is 21.4. The number of halogens is 1. The molecule has 3 heterocycles. The van der Waals surface area contributed by atoms with Crippen LogP contribution in [-0.2, 0) is 7.05 Å². The minimum Gasteiger partial charge on any atom is -0.333 e. The van der Waals surface area contributed by atoms with E-state index in [1.54, 1.807) is 51.7 Å². The van der Waals surface area contributed by atoms with Gasteiger partial charge in [-0.2, -0.15) is 10.2 Å². The van der Waals surface area contributed by atoms with E-state index in [2.05, 4.69) is 15.2 Å². The van der Waals surface area contributed by atoms with Crippen molar-refractivity contribution in [1.29, 1.82) is 0 Å². The highest BCUT2D eigenvalue weighted by Crippen LogP contribution is 2.26. The Labute approximate surface area is 173 Å². The zero-order valence-corrected chi connectivity index (χ0v) is 17.4. The molecule has 4 aromatic rings. The van der Waals surface area contributed by atoms with Crippen molar-refractivity contribution in [2.45, 2.75) is 26.3 Å². The first kappa shape index (κ1) is 19.8. The number of hydrogen-bond acceptors (Lipinski definition) is 4. The van der Waals surface area contributed by atoms with E-state index >= 15 is 0 Å². The van der Waals surface area contributed by atoms with Gasteiger partial charge in [0.05, 0.1) is 17.9 Å². The molecule has 0 saturated heterocycles. The summed E-state index contributed by atoms with van der Waals surface area (Å²) in [5.41, 5.74) is 4.51. The van der Waals surface area contributed by atoms with Gasteiger partial charge >= 0.3 is 0 Å². The van der Waals surface area contributed by atoms with Gasteiger partial charge in [-0.25, -0.2) is 13.9 Å². The molecule has 0 aliphatic heterocycles. The molecule has 0 spiro atoms. The topological polar surface area (TPSA) is 68.3 Å².